The van der Waals surface area contributed by atoms with Gasteiger partial charge in [-0.05, 0) is 18.6 Å². The number of anilines is 1. The highest BCUT2D eigenvalue weighted by atomic mass is 16.5. The normalized spacial score (nSPS) is 16.4. The van der Waals surface area contributed by atoms with Gasteiger partial charge in [0.2, 0.25) is 11.9 Å². The second-order valence-electron chi connectivity index (χ2n) is 6.68. The number of carbonyl (C=O) groups is 1. The first-order valence-corrected chi connectivity index (χ1v) is 8.98. The van der Waals surface area contributed by atoms with Crippen LogP contribution < -0.4 is 5.32 Å². The van der Waals surface area contributed by atoms with Crippen molar-refractivity contribution in [2.75, 3.05) is 31.6 Å². The Labute approximate surface area is 157 Å². The number of rotatable bonds is 4. The summed E-state index contributed by atoms with van der Waals surface area (Å²) in [5.74, 6) is 0.204. The van der Waals surface area contributed by atoms with Gasteiger partial charge in [-0.2, -0.15) is 5.10 Å². The van der Waals surface area contributed by atoms with Gasteiger partial charge >= 0.3 is 0 Å². The molecule has 8 nitrogen and oxygen atoms in total. The summed E-state index contributed by atoms with van der Waals surface area (Å²) in [5.41, 5.74) is 2.82. The van der Waals surface area contributed by atoms with E-state index in [4.69, 9.17) is 4.74 Å². The molecule has 140 valence electrons. The zero-order chi connectivity index (χ0) is 18.8. The summed E-state index contributed by atoms with van der Waals surface area (Å²) in [4.78, 5) is 23.5. The highest BCUT2D eigenvalue weighted by molar-refractivity contribution is 5.94. The number of morpholine rings is 1. The van der Waals surface area contributed by atoms with Crippen molar-refractivity contribution in [3.63, 3.8) is 0 Å². The van der Waals surface area contributed by atoms with Crippen LogP contribution in [0.15, 0.2) is 36.8 Å². The van der Waals surface area contributed by atoms with Crippen LogP contribution in [0.5, 0.6) is 0 Å². The van der Waals surface area contributed by atoms with Crippen molar-refractivity contribution in [3.8, 4) is 11.1 Å². The van der Waals surface area contributed by atoms with Crippen LogP contribution in [0.2, 0.25) is 0 Å². The van der Waals surface area contributed by atoms with Crippen LogP contribution in [0.25, 0.3) is 22.0 Å². The third-order valence-corrected chi connectivity index (χ3v) is 4.83. The lowest BCUT2D eigenvalue weighted by Gasteiger charge is -2.31. The largest absolute Gasteiger partial charge is 0.379 e. The quantitative estimate of drug-likeness (QED) is 0.756. The molecule has 8 heteroatoms. The molecule has 1 atom stereocenters. The summed E-state index contributed by atoms with van der Waals surface area (Å²) in [6.07, 6.45) is 5.49. The number of amides is 1. The first-order valence-electron chi connectivity index (χ1n) is 8.98. The van der Waals surface area contributed by atoms with Gasteiger partial charge in [-0.1, -0.05) is 12.1 Å². The van der Waals surface area contributed by atoms with E-state index in [1.807, 2.05) is 44.6 Å². The van der Waals surface area contributed by atoms with Crippen LogP contribution in [0.1, 0.15) is 6.92 Å². The Bertz CT molecular complexity index is 964. The van der Waals surface area contributed by atoms with E-state index in [-0.39, 0.29) is 11.9 Å². The highest BCUT2D eigenvalue weighted by Gasteiger charge is 2.23. The Morgan fingerprint density at radius 3 is 2.78 bits per heavy atom. The highest BCUT2D eigenvalue weighted by Crippen LogP contribution is 2.23. The first kappa shape index (κ1) is 17.6. The maximum absolute atomic E-state index is 12.6. The van der Waals surface area contributed by atoms with E-state index < -0.39 is 0 Å². The fourth-order valence-electron chi connectivity index (χ4n) is 3.18. The lowest BCUT2D eigenvalue weighted by molar-refractivity contribution is -0.122. The van der Waals surface area contributed by atoms with Crippen LogP contribution in [0.4, 0.5) is 5.95 Å². The van der Waals surface area contributed by atoms with Crippen molar-refractivity contribution in [2.24, 2.45) is 7.05 Å². The van der Waals surface area contributed by atoms with Crippen molar-refractivity contribution in [1.29, 1.82) is 0 Å². The lowest BCUT2D eigenvalue weighted by Crippen LogP contribution is -2.47. The van der Waals surface area contributed by atoms with Crippen LogP contribution in [-0.2, 0) is 16.6 Å². The number of aromatic nitrogens is 4. The fraction of sp³-hybridized carbons (Fsp3) is 0.368. The van der Waals surface area contributed by atoms with Gasteiger partial charge in [0.05, 0.1) is 31.0 Å². The molecule has 1 aliphatic heterocycles. The van der Waals surface area contributed by atoms with Gasteiger partial charge in [0.25, 0.3) is 0 Å². The zero-order valence-electron chi connectivity index (χ0n) is 15.4. The monoisotopic (exact) mass is 366 g/mol. The second kappa shape index (κ2) is 7.42. The van der Waals surface area contributed by atoms with Crippen LogP contribution in [0, 0.1) is 0 Å². The number of hydrogen-bond acceptors (Lipinski definition) is 6. The number of fused-ring (bicyclic) bond motifs is 1. The van der Waals surface area contributed by atoms with E-state index in [1.54, 1.807) is 10.9 Å². The van der Waals surface area contributed by atoms with E-state index in [0.717, 1.165) is 35.1 Å². The smallest absolute Gasteiger partial charge is 0.243 e. The third-order valence-electron chi connectivity index (χ3n) is 4.83. The molecule has 0 radical (unpaired) electrons. The molecule has 0 bridgehead atoms. The van der Waals surface area contributed by atoms with Gasteiger partial charge in [-0.25, -0.2) is 9.97 Å². The van der Waals surface area contributed by atoms with Gasteiger partial charge in [0.1, 0.15) is 0 Å². The molecule has 1 aliphatic rings. The second-order valence-corrected chi connectivity index (χ2v) is 6.68. The van der Waals surface area contributed by atoms with Crippen LogP contribution >= 0.6 is 0 Å². The molecule has 1 saturated heterocycles. The van der Waals surface area contributed by atoms with Crippen molar-refractivity contribution in [1.82, 2.24) is 24.6 Å². The summed E-state index contributed by atoms with van der Waals surface area (Å²) >= 11 is 0. The fourth-order valence-corrected chi connectivity index (χ4v) is 3.18. The average Bonchev–Trinajstić information content (AvgIpc) is 3.14. The molecule has 27 heavy (non-hydrogen) atoms. The Morgan fingerprint density at radius 2 is 2.04 bits per heavy atom. The summed E-state index contributed by atoms with van der Waals surface area (Å²) in [5, 5.41) is 7.96. The number of ether oxygens (including phenoxy) is 1. The molecule has 2 aromatic heterocycles. The Kier molecular flexibility index (Phi) is 4.83. The number of nitrogens with one attached hydrogen (secondary N) is 1. The minimum Gasteiger partial charge on any atom is -0.379 e. The Hall–Kier alpha value is -2.84. The van der Waals surface area contributed by atoms with Crippen LogP contribution in [0.3, 0.4) is 0 Å². The summed E-state index contributed by atoms with van der Waals surface area (Å²) in [6.45, 7) is 4.70. The molecule has 3 aromatic rings. The summed E-state index contributed by atoms with van der Waals surface area (Å²) < 4.78 is 7.10. The van der Waals surface area contributed by atoms with Gasteiger partial charge in [0.15, 0.2) is 0 Å². The molecule has 1 fully saturated rings. The van der Waals surface area contributed by atoms with Crippen LogP contribution in [-0.4, -0.2) is 62.9 Å². The molecular formula is C19H22N6O2. The molecule has 0 saturated carbocycles. The average molecular weight is 366 g/mol. The number of benzene rings is 1. The molecule has 0 spiro atoms. The van der Waals surface area contributed by atoms with E-state index in [9.17, 15) is 4.79 Å². The number of nitrogens with zero attached hydrogens (tertiary/aromatic N) is 5. The number of carbonyl (C=O) groups excluding carboxylic acids is 1. The van der Waals surface area contributed by atoms with Crippen molar-refractivity contribution in [3.05, 3.63) is 36.8 Å². The minimum atomic E-state index is -0.255. The topological polar surface area (TPSA) is 85.2 Å². The molecule has 1 aromatic carbocycles. The summed E-state index contributed by atoms with van der Waals surface area (Å²) in [7, 11) is 1.88. The van der Waals surface area contributed by atoms with Crippen molar-refractivity contribution >= 4 is 22.8 Å². The van der Waals surface area contributed by atoms with Crippen molar-refractivity contribution in [2.45, 2.75) is 13.0 Å². The van der Waals surface area contributed by atoms with Gasteiger partial charge < -0.3 is 4.74 Å². The maximum Gasteiger partial charge on any atom is 0.243 e. The number of aryl methyl sites for hydroxylation is 1. The third kappa shape index (κ3) is 3.81. The van der Waals surface area contributed by atoms with E-state index in [2.05, 4.69) is 25.3 Å². The van der Waals surface area contributed by atoms with Gasteiger partial charge in [-0.3, -0.25) is 19.7 Å². The Balaban J connectivity index is 1.54. The predicted molar refractivity (Wildman–Crippen MR) is 102 cm³/mol. The SMILES string of the molecule is CC(C(=O)Nc1ncc2ccc(-c3cnn(C)c3)cc2n1)N1CCOCC1. The zero-order valence-corrected chi connectivity index (χ0v) is 15.4. The predicted octanol–water partition coefficient (Wildman–Crippen LogP) is 1.69. The Morgan fingerprint density at radius 1 is 1.22 bits per heavy atom. The van der Waals surface area contributed by atoms with E-state index in [1.165, 1.54) is 0 Å². The molecule has 1 amide bonds. The molecule has 4 rings (SSSR count). The van der Waals surface area contributed by atoms with Crippen molar-refractivity contribution < 1.29 is 9.53 Å². The molecular weight excluding hydrogens is 344 g/mol. The number of hydrogen-bond donors (Lipinski definition) is 1. The van der Waals surface area contributed by atoms with E-state index >= 15 is 0 Å². The molecule has 1 N–H and O–H groups in total. The van der Waals surface area contributed by atoms with Gasteiger partial charge in [-0.15, -0.1) is 0 Å². The van der Waals surface area contributed by atoms with E-state index in [0.29, 0.717) is 19.2 Å². The summed E-state index contributed by atoms with van der Waals surface area (Å²) in [6, 6.07) is 5.71. The molecule has 3 heterocycles. The standard InChI is InChI=1S/C19H22N6O2/c1-13(25-5-7-27-8-6-25)18(26)23-19-20-10-15-4-3-14(9-17(15)22-19)16-11-21-24(2)12-16/h3-4,9-13H,5-8H2,1-2H3,(H,20,22,23,26). The lowest BCUT2D eigenvalue weighted by atomic mass is 10.1. The minimum absolute atomic E-state index is 0.111. The maximum atomic E-state index is 12.6. The van der Waals surface area contributed by atoms with Gasteiger partial charge in [0, 0.05) is 43.5 Å². The molecule has 0 aliphatic carbocycles. The first-order chi connectivity index (χ1) is 13.1. The molecule has 1 unspecified atom stereocenters.